The molecular weight excluding hydrogens is 285 g/mol. The second kappa shape index (κ2) is 4.16. The van der Waals surface area contributed by atoms with Crippen LogP contribution in [0, 0.1) is 5.82 Å². The molecule has 0 aromatic heterocycles. The molecule has 0 saturated carbocycles. The summed E-state index contributed by atoms with van der Waals surface area (Å²) in [6.45, 7) is 2.52. The van der Waals surface area contributed by atoms with Gasteiger partial charge in [-0.05, 0) is 6.42 Å². The van der Waals surface area contributed by atoms with Crippen LogP contribution in [0.5, 0.6) is 0 Å². The molecule has 92 valence electrons. The predicted octanol–water partition coefficient (Wildman–Crippen LogP) is 3.12. The number of fused-ring (bicyclic) bond motifs is 3. The van der Waals surface area contributed by atoms with E-state index >= 15 is 0 Å². The molecule has 17 heavy (non-hydrogen) atoms. The second-order valence-electron chi connectivity index (χ2n) is 4.34. The zero-order valence-electron chi connectivity index (χ0n) is 8.86. The Morgan fingerprint density at radius 3 is 2.71 bits per heavy atom. The minimum absolute atomic E-state index is 0.0665. The lowest BCUT2D eigenvalue weighted by Crippen LogP contribution is -2.49. The summed E-state index contributed by atoms with van der Waals surface area (Å²) in [5.74, 6) is -0.425. The Morgan fingerprint density at radius 1 is 1.18 bits per heavy atom. The third kappa shape index (κ3) is 1.64. The summed E-state index contributed by atoms with van der Waals surface area (Å²) >= 11 is 18.0. The SMILES string of the molecule is Fc1c(Cl)c(Cl)c(Cl)c2c1CC1CNCCN21. The normalized spacial score (nSPS) is 22.6. The number of anilines is 1. The molecule has 1 saturated heterocycles. The Balaban J connectivity index is 2.19. The lowest BCUT2D eigenvalue weighted by molar-refractivity contribution is 0.492. The highest BCUT2D eigenvalue weighted by Gasteiger charge is 2.37. The number of halogens is 4. The number of hydrogen-bond acceptors (Lipinski definition) is 2. The first-order chi connectivity index (χ1) is 8.11. The van der Waals surface area contributed by atoms with Gasteiger partial charge in [0, 0.05) is 31.2 Å². The highest BCUT2D eigenvalue weighted by atomic mass is 35.5. The van der Waals surface area contributed by atoms with Crippen LogP contribution in [-0.4, -0.2) is 25.7 Å². The topological polar surface area (TPSA) is 15.3 Å². The summed E-state index contributed by atoms with van der Waals surface area (Å²) in [5, 5.41) is 3.71. The van der Waals surface area contributed by atoms with E-state index in [0.29, 0.717) is 17.0 Å². The van der Waals surface area contributed by atoms with Crippen molar-refractivity contribution in [3.8, 4) is 0 Å². The van der Waals surface area contributed by atoms with Crippen LogP contribution >= 0.6 is 34.8 Å². The molecule has 2 nitrogen and oxygen atoms in total. The van der Waals surface area contributed by atoms with Crippen molar-refractivity contribution in [3.05, 3.63) is 26.4 Å². The molecule has 1 aromatic rings. The molecular formula is C11H10Cl3FN2. The van der Waals surface area contributed by atoms with Crippen molar-refractivity contribution in [2.24, 2.45) is 0 Å². The molecule has 0 aliphatic carbocycles. The van der Waals surface area contributed by atoms with Gasteiger partial charge >= 0.3 is 0 Å². The first-order valence-electron chi connectivity index (χ1n) is 5.43. The van der Waals surface area contributed by atoms with Gasteiger partial charge < -0.3 is 10.2 Å². The minimum Gasteiger partial charge on any atom is -0.364 e. The van der Waals surface area contributed by atoms with Gasteiger partial charge in [-0.1, -0.05) is 34.8 Å². The predicted molar refractivity (Wildman–Crippen MR) is 69.1 cm³/mol. The molecule has 0 amide bonds. The van der Waals surface area contributed by atoms with E-state index < -0.39 is 5.82 Å². The van der Waals surface area contributed by atoms with E-state index in [1.807, 2.05) is 0 Å². The van der Waals surface area contributed by atoms with Crippen molar-refractivity contribution < 1.29 is 4.39 Å². The van der Waals surface area contributed by atoms with Gasteiger partial charge in [-0.15, -0.1) is 0 Å². The van der Waals surface area contributed by atoms with Gasteiger partial charge in [-0.2, -0.15) is 0 Å². The van der Waals surface area contributed by atoms with Crippen molar-refractivity contribution in [2.45, 2.75) is 12.5 Å². The van der Waals surface area contributed by atoms with E-state index in [4.69, 9.17) is 34.8 Å². The average molecular weight is 296 g/mol. The first-order valence-corrected chi connectivity index (χ1v) is 6.57. The number of nitrogens with one attached hydrogen (secondary N) is 1. The molecule has 0 bridgehead atoms. The van der Waals surface area contributed by atoms with Crippen LogP contribution in [0.2, 0.25) is 15.1 Å². The fourth-order valence-electron chi connectivity index (χ4n) is 2.62. The number of piperazine rings is 1. The van der Waals surface area contributed by atoms with Gasteiger partial charge in [0.05, 0.1) is 20.8 Å². The van der Waals surface area contributed by atoms with E-state index in [2.05, 4.69) is 10.2 Å². The molecule has 0 spiro atoms. The maximum absolute atomic E-state index is 14.1. The van der Waals surface area contributed by atoms with E-state index in [9.17, 15) is 4.39 Å². The highest BCUT2D eigenvalue weighted by molar-refractivity contribution is 6.49. The summed E-state index contributed by atoms with van der Waals surface area (Å²) in [6, 6.07) is 0.250. The third-order valence-electron chi connectivity index (χ3n) is 3.41. The van der Waals surface area contributed by atoms with E-state index in [-0.39, 0.29) is 16.1 Å². The first kappa shape index (κ1) is 11.8. The minimum atomic E-state index is -0.425. The van der Waals surface area contributed by atoms with Gasteiger partial charge in [-0.3, -0.25) is 0 Å². The van der Waals surface area contributed by atoms with Crippen LogP contribution in [0.15, 0.2) is 0 Å². The fourth-order valence-corrected chi connectivity index (χ4v) is 3.37. The molecule has 1 fully saturated rings. The Morgan fingerprint density at radius 2 is 1.94 bits per heavy atom. The number of benzene rings is 1. The van der Waals surface area contributed by atoms with Crippen molar-refractivity contribution in [2.75, 3.05) is 24.5 Å². The van der Waals surface area contributed by atoms with Crippen LogP contribution in [0.1, 0.15) is 5.56 Å². The summed E-state index contributed by atoms with van der Waals surface area (Å²) < 4.78 is 14.1. The zero-order valence-corrected chi connectivity index (χ0v) is 11.1. The molecule has 2 aliphatic heterocycles. The Kier molecular flexibility index (Phi) is 2.90. The monoisotopic (exact) mass is 294 g/mol. The summed E-state index contributed by atoms with van der Waals surface area (Å²) in [4.78, 5) is 2.12. The lowest BCUT2D eigenvalue weighted by atomic mass is 10.1. The molecule has 3 rings (SSSR count). The Labute approximate surface area is 114 Å². The highest BCUT2D eigenvalue weighted by Crippen LogP contribution is 2.47. The molecule has 1 N–H and O–H groups in total. The van der Waals surface area contributed by atoms with E-state index in [1.165, 1.54) is 0 Å². The molecule has 2 heterocycles. The standard InChI is InChI=1S/C11H10Cl3FN2/c12-7-8(13)10(15)6-3-5-4-16-1-2-17(5)11(6)9(7)14/h5,16H,1-4H2. The van der Waals surface area contributed by atoms with Crippen LogP contribution in [-0.2, 0) is 6.42 Å². The maximum atomic E-state index is 14.1. The van der Waals surface area contributed by atoms with Crippen LogP contribution in [0.4, 0.5) is 10.1 Å². The maximum Gasteiger partial charge on any atom is 0.148 e. The van der Waals surface area contributed by atoms with Gasteiger partial charge in [0.25, 0.3) is 0 Å². The lowest BCUT2D eigenvalue weighted by Gasteiger charge is -2.33. The molecule has 1 atom stereocenters. The van der Waals surface area contributed by atoms with Gasteiger partial charge in [-0.25, -0.2) is 4.39 Å². The van der Waals surface area contributed by atoms with Crippen molar-refractivity contribution >= 4 is 40.5 Å². The molecule has 1 unspecified atom stereocenters. The second-order valence-corrected chi connectivity index (χ2v) is 5.47. The van der Waals surface area contributed by atoms with E-state index in [0.717, 1.165) is 25.3 Å². The summed E-state index contributed by atoms with van der Waals surface area (Å²) in [5.41, 5.74) is 1.32. The van der Waals surface area contributed by atoms with Gasteiger partial charge in [0.2, 0.25) is 0 Å². The summed E-state index contributed by atoms with van der Waals surface area (Å²) in [7, 11) is 0. The molecule has 1 aromatic carbocycles. The van der Waals surface area contributed by atoms with Gasteiger partial charge in [0.1, 0.15) is 5.82 Å². The Hall–Kier alpha value is -0.220. The largest absolute Gasteiger partial charge is 0.364 e. The molecule has 2 aliphatic rings. The average Bonchev–Trinajstić information content (AvgIpc) is 2.73. The number of rotatable bonds is 0. The quantitative estimate of drug-likeness (QED) is 0.584. The van der Waals surface area contributed by atoms with Crippen molar-refractivity contribution in [3.63, 3.8) is 0 Å². The third-order valence-corrected chi connectivity index (χ3v) is 4.71. The van der Waals surface area contributed by atoms with E-state index in [1.54, 1.807) is 0 Å². The summed E-state index contributed by atoms with van der Waals surface area (Å²) in [6.07, 6.45) is 0.630. The Bertz CT molecular complexity index is 492. The fraction of sp³-hybridized carbons (Fsp3) is 0.455. The molecule has 0 radical (unpaired) electrons. The van der Waals surface area contributed by atoms with Crippen molar-refractivity contribution in [1.82, 2.24) is 5.32 Å². The van der Waals surface area contributed by atoms with Gasteiger partial charge in [0.15, 0.2) is 0 Å². The van der Waals surface area contributed by atoms with Crippen LogP contribution in [0.3, 0.4) is 0 Å². The van der Waals surface area contributed by atoms with Crippen LogP contribution in [0.25, 0.3) is 0 Å². The van der Waals surface area contributed by atoms with Crippen molar-refractivity contribution in [1.29, 1.82) is 0 Å². The smallest absolute Gasteiger partial charge is 0.148 e. The van der Waals surface area contributed by atoms with Crippen LogP contribution < -0.4 is 10.2 Å². The molecule has 6 heteroatoms. The number of hydrogen-bond donors (Lipinski definition) is 1. The zero-order chi connectivity index (χ0) is 12.2. The number of nitrogens with zero attached hydrogens (tertiary/aromatic N) is 1.